The molecule has 0 saturated heterocycles. The molecule has 0 fully saturated rings. The molecule has 0 aliphatic carbocycles. The topological polar surface area (TPSA) is 54.5 Å². The second kappa shape index (κ2) is 8.00. The van der Waals surface area contributed by atoms with E-state index in [0.29, 0.717) is 13.2 Å². The van der Waals surface area contributed by atoms with Gasteiger partial charge in [0.05, 0.1) is 13.2 Å². The Morgan fingerprint density at radius 2 is 1.06 bits per heavy atom. The van der Waals surface area contributed by atoms with Crippen molar-refractivity contribution in [2.75, 3.05) is 26.3 Å². The molecule has 0 aliphatic rings. The number of nitrogens with one attached hydrogen (secondary N) is 3. The van der Waals surface area contributed by atoms with Crippen LogP contribution in [0.1, 0.15) is 41.5 Å². The molecule has 0 saturated carbocycles. The summed E-state index contributed by atoms with van der Waals surface area (Å²) < 4.78 is 0. The molecule has 0 aliphatic heterocycles. The van der Waals surface area contributed by atoms with Crippen LogP contribution in [0.15, 0.2) is 0 Å². The lowest BCUT2D eigenvalue weighted by Gasteiger charge is -2.21. The van der Waals surface area contributed by atoms with Gasteiger partial charge < -0.3 is 10.6 Å². The lowest BCUT2D eigenvalue weighted by molar-refractivity contribution is -0.168. The lowest BCUT2D eigenvalue weighted by Crippen LogP contribution is -2.40. The van der Waals surface area contributed by atoms with Crippen LogP contribution in [0.4, 0.5) is 0 Å². The Morgan fingerprint density at radius 1 is 0.706 bits per heavy atom. The molecule has 0 heterocycles. The van der Waals surface area contributed by atoms with E-state index in [0.717, 1.165) is 13.1 Å². The van der Waals surface area contributed by atoms with E-state index in [9.17, 15) is 0 Å². The van der Waals surface area contributed by atoms with E-state index < -0.39 is 0 Å². The summed E-state index contributed by atoms with van der Waals surface area (Å²) in [5, 5.41) is 6.62. The first-order chi connectivity index (χ1) is 7.71. The zero-order valence-corrected chi connectivity index (χ0v) is 12.1. The largest absolute Gasteiger partial charge is 0.310 e. The SMILES string of the molecule is CC(C)(C)NCCONOCCNC(C)(C)C. The van der Waals surface area contributed by atoms with Gasteiger partial charge in [-0.1, -0.05) is 5.64 Å². The zero-order chi connectivity index (χ0) is 13.4. The second-order valence-electron chi connectivity index (χ2n) is 6.13. The van der Waals surface area contributed by atoms with Crippen LogP contribution in [0.5, 0.6) is 0 Å². The third-order valence-corrected chi connectivity index (χ3v) is 1.84. The lowest BCUT2D eigenvalue weighted by atomic mass is 10.1. The summed E-state index contributed by atoms with van der Waals surface area (Å²) in [7, 11) is 0. The molecule has 17 heavy (non-hydrogen) atoms. The molecule has 0 unspecified atom stereocenters. The highest BCUT2D eigenvalue weighted by molar-refractivity contribution is 4.69. The van der Waals surface area contributed by atoms with E-state index in [1.165, 1.54) is 0 Å². The third kappa shape index (κ3) is 15.8. The van der Waals surface area contributed by atoms with E-state index in [1.807, 2.05) is 0 Å². The predicted molar refractivity (Wildman–Crippen MR) is 70.6 cm³/mol. The molecular formula is C12H29N3O2. The fraction of sp³-hybridized carbons (Fsp3) is 1.00. The molecule has 0 aromatic carbocycles. The minimum absolute atomic E-state index is 0.126. The van der Waals surface area contributed by atoms with Crippen molar-refractivity contribution in [2.45, 2.75) is 52.6 Å². The summed E-state index contributed by atoms with van der Waals surface area (Å²) in [4.78, 5) is 10.2. The van der Waals surface area contributed by atoms with Crippen molar-refractivity contribution in [3.63, 3.8) is 0 Å². The molecule has 0 atom stereocenters. The summed E-state index contributed by atoms with van der Waals surface area (Å²) in [6.45, 7) is 15.5. The van der Waals surface area contributed by atoms with Gasteiger partial charge in [-0.2, -0.15) is 0 Å². The molecule has 0 aromatic heterocycles. The maximum atomic E-state index is 5.10. The van der Waals surface area contributed by atoms with E-state index in [1.54, 1.807) is 0 Å². The Bertz CT molecular complexity index is 165. The van der Waals surface area contributed by atoms with Crippen molar-refractivity contribution >= 4 is 0 Å². The van der Waals surface area contributed by atoms with Crippen molar-refractivity contribution in [3.8, 4) is 0 Å². The Hall–Kier alpha value is -0.200. The molecular weight excluding hydrogens is 218 g/mol. The van der Waals surface area contributed by atoms with Crippen molar-refractivity contribution in [1.82, 2.24) is 16.3 Å². The summed E-state index contributed by atoms with van der Waals surface area (Å²) in [5.74, 6) is 0. The van der Waals surface area contributed by atoms with Crippen LogP contribution in [0.3, 0.4) is 0 Å². The van der Waals surface area contributed by atoms with Crippen LogP contribution in [-0.4, -0.2) is 37.4 Å². The second-order valence-corrected chi connectivity index (χ2v) is 6.13. The minimum atomic E-state index is 0.126. The molecule has 0 rings (SSSR count). The van der Waals surface area contributed by atoms with Gasteiger partial charge in [-0.3, -0.25) is 9.68 Å². The Labute approximate surface area is 106 Å². The van der Waals surface area contributed by atoms with Crippen LogP contribution in [0.25, 0.3) is 0 Å². The van der Waals surface area contributed by atoms with E-state index >= 15 is 0 Å². The Balaban J connectivity index is 3.15. The van der Waals surface area contributed by atoms with Crippen LogP contribution in [0, 0.1) is 0 Å². The maximum Gasteiger partial charge on any atom is 0.0833 e. The molecule has 0 radical (unpaired) electrons. The van der Waals surface area contributed by atoms with Crippen LogP contribution in [0.2, 0.25) is 0 Å². The quantitative estimate of drug-likeness (QED) is 0.445. The monoisotopic (exact) mass is 247 g/mol. The molecule has 104 valence electrons. The number of hydrogen-bond acceptors (Lipinski definition) is 5. The summed E-state index contributed by atoms with van der Waals surface area (Å²) in [6, 6.07) is 0. The predicted octanol–water partition coefficient (Wildman–Crippen LogP) is 1.22. The van der Waals surface area contributed by atoms with Gasteiger partial charge in [-0.15, -0.1) is 0 Å². The first-order valence-corrected chi connectivity index (χ1v) is 6.19. The highest BCUT2D eigenvalue weighted by Gasteiger charge is 2.08. The molecule has 0 aromatic rings. The van der Waals surface area contributed by atoms with Crippen LogP contribution in [-0.2, 0) is 9.68 Å². The smallest absolute Gasteiger partial charge is 0.0833 e. The van der Waals surface area contributed by atoms with Crippen LogP contribution < -0.4 is 16.3 Å². The molecule has 0 amide bonds. The summed E-state index contributed by atoms with van der Waals surface area (Å²) in [6.07, 6.45) is 0. The number of hydrogen-bond donors (Lipinski definition) is 3. The standard InChI is InChI=1S/C12H29N3O2/c1-11(2,3)13-7-9-16-15-17-10-8-14-12(4,5)6/h13-15H,7-10H2,1-6H3. The minimum Gasteiger partial charge on any atom is -0.310 e. The van der Waals surface area contributed by atoms with Gasteiger partial charge in [0.1, 0.15) is 0 Å². The van der Waals surface area contributed by atoms with Crippen molar-refractivity contribution in [1.29, 1.82) is 0 Å². The van der Waals surface area contributed by atoms with E-state index in [-0.39, 0.29) is 11.1 Å². The van der Waals surface area contributed by atoms with Crippen molar-refractivity contribution in [2.24, 2.45) is 0 Å². The fourth-order valence-electron chi connectivity index (χ4n) is 1.08. The first kappa shape index (κ1) is 16.8. The summed E-state index contributed by atoms with van der Waals surface area (Å²) in [5.41, 5.74) is 2.73. The highest BCUT2D eigenvalue weighted by atomic mass is 16.9. The van der Waals surface area contributed by atoms with Crippen LogP contribution >= 0.6 is 0 Å². The fourth-order valence-corrected chi connectivity index (χ4v) is 1.08. The maximum absolute atomic E-state index is 5.10. The third-order valence-electron chi connectivity index (χ3n) is 1.84. The van der Waals surface area contributed by atoms with Gasteiger partial charge in [0.15, 0.2) is 0 Å². The Kier molecular flexibility index (Phi) is 7.91. The van der Waals surface area contributed by atoms with Crippen molar-refractivity contribution in [3.05, 3.63) is 0 Å². The van der Waals surface area contributed by atoms with Gasteiger partial charge in [-0.05, 0) is 41.5 Å². The van der Waals surface area contributed by atoms with E-state index in [2.05, 4.69) is 57.8 Å². The van der Waals surface area contributed by atoms with Gasteiger partial charge in [-0.25, -0.2) is 0 Å². The molecule has 5 nitrogen and oxygen atoms in total. The molecule has 0 bridgehead atoms. The van der Waals surface area contributed by atoms with E-state index in [4.69, 9.17) is 9.68 Å². The average molecular weight is 247 g/mol. The molecule has 0 spiro atoms. The highest BCUT2D eigenvalue weighted by Crippen LogP contribution is 1.97. The summed E-state index contributed by atoms with van der Waals surface area (Å²) >= 11 is 0. The van der Waals surface area contributed by atoms with Gasteiger partial charge >= 0.3 is 0 Å². The van der Waals surface area contributed by atoms with Crippen molar-refractivity contribution < 1.29 is 9.68 Å². The Morgan fingerprint density at radius 3 is 1.35 bits per heavy atom. The average Bonchev–Trinajstić information content (AvgIpc) is 2.11. The molecule has 5 heteroatoms. The van der Waals surface area contributed by atoms with Gasteiger partial charge in [0.25, 0.3) is 0 Å². The van der Waals surface area contributed by atoms with Gasteiger partial charge in [0.2, 0.25) is 0 Å². The normalized spacial score (nSPS) is 13.1. The zero-order valence-electron chi connectivity index (χ0n) is 12.1. The first-order valence-electron chi connectivity index (χ1n) is 6.19. The number of rotatable bonds is 8. The molecule has 3 N–H and O–H groups in total. The van der Waals surface area contributed by atoms with Gasteiger partial charge in [0, 0.05) is 24.2 Å².